The molecule has 2 heterocycles. The van der Waals surface area contributed by atoms with E-state index >= 15 is 0 Å². The molecular formula is C20H14FN3O4. The molecular weight excluding hydrogens is 365 g/mol. The fraction of sp³-hybridized carbons (Fsp3) is 0.100. The molecule has 0 aliphatic heterocycles. The van der Waals surface area contributed by atoms with E-state index < -0.39 is 12.1 Å². The predicted octanol–water partition coefficient (Wildman–Crippen LogP) is 4.33. The highest BCUT2D eigenvalue weighted by Gasteiger charge is 2.18. The summed E-state index contributed by atoms with van der Waals surface area (Å²) in [6.07, 6.45) is 1.87. The molecule has 28 heavy (non-hydrogen) atoms. The van der Waals surface area contributed by atoms with Gasteiger partial charge in [-0.25, -0.2) is 14.2 Å². The second-order valence-corrected chi connectivity index (χ2v) is 5.88. The average Bonchev–Trinajstić information content (AvgIpc) is 3.34. The first-order valence-corrected chi connectivity index (χ1v) is 8.42. The molecule has 0 amide bonds. The molecule has 140 valence electrons. The number of benzene rings is 2. The Hall–Kier alpha value is -3.81. The third-order valence-corrected chi connectivity index (χ3v) is 3.84. The number of hydrogen-bond donors (Lipinski definition) is 0. The van der Waals surface area contributed by atoms with E-state index in [1.165, 1.54) is 36.4 Å². The minimum absolute atomic E-state index is 0.128. The van der Waals surface area contributed by atoms with Crippen molar-refractivity contribution in [2.75, 3.05) is 0 Å². The van der Waals surface area contributed by atoms with E-state index in [9.17, 15) is 9.18 Å². The molecule has 4 rings (SSSR count). The lowest BCUT2D eigenvalue weighted by Crippen LogP contribution is -2.06. The maximum Gasteiger partial charge on any atom is 0.331 e. The van der Waals surface area contributed by atoms with Crippen LogP contribution in [-0.2, 0) is 9.53 Å². The van der Waals surface area contributed by atoms with Crippen molar-refractivity contribution >= 4 is 23.1 Å². The Labute approximate surface area is 158 Å². The quantitative estimate of drug-likeness (QED) is 0.376. The van der Waals surface area contributed by atoms with Crippen LogP contribution in [0.1, 0.15) is 24.8 Å². The van der Waals surface area contributed by atoms with Crippen LogP contribution >= 0.6 is 0 Å². The number of esters is 1. The topological polar surface area (TPSA) is 91.2 Å². The molecule has 0 aliphatic rings. The van der Waals surface area contributed by atoms with Crippen LogP contribution in [0, 0.1) is 5.82 Å². The summed E-state index contributed by atoms with van der Waals surface area (Å²) in [6, 6.07) is 12.9. The lowest BCUT2D eigenvalue weighted by molar-refractivity contribution is -0.143. The lowest BCUT2D eigenvalue weighted by atomic mass is 10.2. The largest absolute Gasteiger partial charge is 0.449 e. The van der Waals surface area contributed by atoms with Crippen LogP contribution in [0.4, 0.5) is 4.39 Å². The first kappa shape index (κ1) is 17.6. The number of carbonyl (C=O) groups excluding carboxylic acids is 1. The summed E-state index contributed by atoms with van der Waals surface area (Å²) in [5.74, 6) is -0.349. The van der Waals surface area contributed by atoms with E-state index in [0.29, 0.717) is 22.6 Å². The van der Waals surface area contributed by atoms with Crippen LogP contribution in [0.25, 0.3) is 28.6 Å². The van der Waals surface area contributed by atoms with Gasteiger partial charge in [-0.1, -0.05) is 12.1 Å². The van der Waals surface area contributed by atoms with Crippen molar-refractivity contribution in [1.82, 2.24) is 15.2 Å². The van der Waals surface area contributed by atoms with Crippen molar-refractivity contribution in [3.63, 3.8) is 0 Å². The van der Waals surface area contributed by atoms with Gasteiger partial charge in [-0.3, -0.25) is 0 Å². The van der Waals surface area contributed by atoms with Crippen molar-refractivity contribution in [2.45, 2.75) is 13.0 Å². The number of aromatic nitrogens is 3. The molecule has 8 heteroatoms. The van der Waals surface area contributed by atoms with Crippen molar-refractivity contribution in [3.05, 3.63) is 72.2 Å². The first-order valence-electron chi connectivity index (χ1n) is 8.42. The number of halogens is 1. The molecule has 7 nitrogen and oxygen atoms in total. The number of nitrogens with zero attached hydrogens (tertiary/aromatic N) is 3. The normalized spacial score (nSPS) is 12.5. The summed E-state index contributed by atoms with van der Waals surface area (Å²) in [6.45, 7) is 1.60. The molecule has 0 unspecified atom stereocenters. The Bertz CT molecular complexity index is 1110. The van der Waals surface area contributed by atoms with Crippen LogP contribution in [0.5, 0.6) is 0 Å². The minimum atomic E-state index is -0.762. The fourth-order valence-electron chi connectivity index (χ4n) is 2.47. The second kappa shape index (κ2) is 7.43. The van der Waals surface area contributed by atoms with E-state index in [-0.39, 0.29) is 17.6 Å². The highest BCUT2D eigenvalue weighted by Crippen LogP contribution is 2.23. The molecule has 2 aromatic carbocycles. The SMILES string of the molecule is C[C@@H](OC(=O)/C=C/c1nc2ccccc2o1)c1nnc(-c2ccc(F)cc2)o1. The Kier molecular flexibility index (Phi) is 4.67. The second-order valence-electron chi connectivity index (χ2n) is 5.88. The van der Waals surface area contributed by atoms with Gasteiger partial charge in [0, 0.05) is 17.7 Å². The van der Waals surface area contributed by atoms with E-state index in [2.05, 4.69) is 15.2 Å². The van der Waals surface area contributed by atoms with Gasteiger partial charge in [-0.2, -0.15) is 0 Å². The van der Waals surface area contributed by atoms with Crippen LogP contribution in [-0.4, -0.2) is 21.2 Å². The fourth-order valence-corrected chi connectivity index (χ4v) is 2.47. The summed E-state index contributed by atoms with van der Waals surface area (Å²) >= 11 is 0. The van der Waals surface area contributed by atoms with Gasteiger partial charge in [-0.05, 0) is 43.3 Å². The zero-order valence-electron chi connectivity index (χ0n) is 14.7. The molecule has 0 N–H and O–H groups in total. The van der Waals surface area contributed by atoms with Gasteiger partial charge in [-0.15, -0.1) is 10.2 Å². The highest BCUT2D eigenvalue weighted by molar-refractivity contribution is 5.87. The summed E-state index contributed by atoms with van der Waals surface area (Å²) in [5, 5.41) is 7.76. The van der Waals surface area contributed by atoms with Crippen LogP contribution in [0.2, 0.25) is 0 Å². The van der Waals surface area contributed by atoms with Crippen LogP contribution in [0.3, 0.4) is 0 Å². The molecule has 0 saturated heterocycles. The average molecular weight is 379 g/mol. The number of oxazole rings is 1. The smallest absolute Gasteiger partial charge is 0.331 e. The van der Waals surface area contributed by atoms with E-state index in [1.807, 2.05) is 18.2 Å². The highest BCUT2D eigenvalue weighted by atomic mass is 19.1. The zero-order valence-corrected chi connectivity index (χ0v) is 14.7. The maximum absolute atomic E-state index is 13.0. The van der Waals surface area contributed by atoms with Crippen LogP contribution in [0.15, 0.2) is 63.4 Å². The Balaban J connectivity index is 1.41. The number of para-hydroxylation sites is 2. The third kappa shape index (κ3) is 3.80. The summed E-state index contributed by atoms with van der Waals surface area (Å²) in [7, 11) is 0. The van der Waals surface area contributed by atoms with Gasteiger partial charge in [0.25, 0.3) is 5.89 Å². The minimum Gasteiger partial charge on any atom is -0.449 e. The van der Waals surface area contributed by atoms with E-state index in [0.717, 1.165) is 0 Å². The molecule has 0 saturated carbocycles. The van der Waals surface area contributed by atoms with Gasteiger partial charge in [0.1, 0.15) is 11.3 Å². The third-order valence-electron chi connectivity index (χ3n) is 3.84. The first-order chi connectivity index (χ1) is 13.6. The zero-order chi connectivity index (χ0) is 19.5. The van der Waals surface area contributed by atoms with Gasteiger partial charge in [0.05, 0.1) is 0 Å². The van der Waals surface area contributed by atoms with Crippen LogP contribution < -0.4 is 0 Å². The van der Waals surface area contributed by atoms with Gasteiger partial charge in [0.2, 0.25) is 11.8 Å². The Morgan fingerprint density at radius 2 is 1.89 bits per heavy atom. The number of hydrogen-bond acceptors (Lipinski definition) is 7. The van der Waals surface area contributed by atoms with E-state index in [4.69, 9.17) is 13.6 Å². The number of fused-ring (bicyclic) bond motifs is 1. The van der Waals surface area contributed by atoms with Crippen molar-refractivity contribution in [3.8, 4) is 11.5 Å². The molecule has 0 radical (unpaired) electrons. The summed E-state index contributed by atoms with van der Waals surface area (Å²) in [5.41, 5.74) is 1.89. The Morgan fingerprint density at radius 3 is 2.68 bits per heavy atom. The molecule has 0 aliphatic carbocycles. The lowest BCUT2D eigenvalue weighted by Gasteiger charge is -2.06. The number of rotatable bonds is 5. The van der Waals surface area contributed by atoms with Gasteiger partial charge >= 0.3 is 5.97 Å². The molecule has 0 bridgehead atoms. The molecule has 0 spiro atoms. The summed E-state index contributed by atoms with van der Waals surface area (Å²) in [4.78, 5) is 16.3. The van der Waals surface area contributed by atoms with Crippen molar-refractivity contribution < 1.29 is 22.8 Å². The predicted molar refractivity (Wildman–Crippen MR) is 97.2 cm³/mol. The van der Waals surface area contributed by atoms with Crippen molar-refractivity contribution in [1.29, 1.82) is 0 Å². The monoisotopic (exact) mass is 379 g/mol. The van der Waals surface area contributed by atoms with Gasteiger partial charge < -0.3 is 13.6 Å². The molecule has 0 fully saturated rings. The van der Waals surface area contributed by atoms with Gasteiger partial charge in [0.15, 0.2) is 11.7 Å². The van der Waals surface area contributed by atoms with Crippen molar-refractivity contribution in [2.24, 2.45) is 0 Å². The maximum atomic E-state index is 13.0. The number of carbonyl (C=O) groups is 1. The molecule has 4 aromatic rings. The Morgan fingerprint density at radius 1 is 1.11 bits per heavy atom. The van der Waals surface area contributed by atoms with E-state index in [1.54, 1.807) is 13.0 Å². The molecule has 1 atom stereocenters. The summed E-state index contributed by atoms with van der Waals surface area (Å²) < 4.78 is 29.2. The number of ether oxygens (including phenoxy) is 1. The standard InChI is InChI=1S/C20H14FN3O4/c1-12(19-23-24-20(28-19)13-6-8-14(21)9-7-13)26-18(25)11-10-17-22-15-4-2-3-5-16(15)27-17/h2-12H,1H3/b11-10+/t12-/m1/s1. The molecule has 2 aromatic heterocycles.